The Balaban J connectivity index is 0.000000177. The number of hydrazone groups is 2. The molecule has 0 fully saturated rings. The van der Waals surface area contributed by atoms with E-state index in [1.54, 1.807) is 48.5 Å². The van der Waals surface area contributed by atoms with Gasteiger partial charge in [0.1, 0.15) is 11.4 Å². The Labute approximate surface area is 340 Å². The van der Waals surface area contributed by atoms with Crippen LogP contribution in [0.1, 0.15) is 53.0 Å². The van der Waals surface area contributed by atoms with Gasteiger partial charge in [0.2, 0.25) is 0 Å². The maximum absolute atomic E-state index is 13.2. The number of amides is 2. The van der Waals surface area contributed by atoms with Crippen LogP contribution in [0.2, 0.25) is 0 Å². The lowest BCUT2D eigenvalue weighted by atomic mass is 10.1. The summed E-state index contributed by atoms with van der Waals surface area (Å²) in [7, 11) is 0. The summed E-state index contributed by atoms with van der Waals surface area (Å²) < 4.78 is 2.96. The zero-order valence-electron chi connectivity index (χ0n) is 31.2. The summed E-state index contributed by atoms with van der Waals surface area (Å²) in [5, 5.41) is 18.7. The summed E-state index contributed by atoms with van der Waals surface area (Å²) in [6.45, 7) is 3.64. The molecule has 0 bridgehead atoms. The molecule has 58 heavy (non-hydrogen) atoms. The number of rotatable bonds is 10. The van der Waals surface area contributed by atoms with Gasteiger partial charge in [-0.1, -0.05) is 84.9 Å². The third-order valence-corrected chi connectivity index (χ3v) is 10.5. The van der Waals surface area contributed by atoms with Gasteiger partial charge in [-0.05, 0) is 85.3 Å². The summed E-state index contributed by atoms with van der Waals surface area (Å²) in [5.41, 5.74) is 10.2. The van der Waals surface area contributed by atoms with E-state index in [-0.39, 0.29) is 22.9 Å². The first kappa shape index (κ1) is 38.8. The minimum absolute atomic E-state index is 0.227. The lowest BCUT2D eigenvalue weighted by molar-refractivity contribution is 0.0947. The molecule has 4 aromatic carbocycles. The molecule has 4 heterocycles. The van der Waals surface area contributed by atoms with Crippen molar-refractivity contribution in [1.82, 2.24) is 30.4 Å². The van der Waals surface area contributed by atoms with Gasteiger partial charge in [-0.25, -0.2) is 20.2 Å². The largest absolute Gasteiger partial charge is 0.295 e. The number of carbonyl (C=O) groups excluding carboxylic acids is 2. The van der Waals surface area contributed by atoms with Gasteiger partial charge in [0.05, 0.1) is 32.3 Å². The van der Waals surface area contributed by atoms with E-state index < -0.39 is 0 Å². The van der Waals surface area contributed by atoms with Gasteiger partial charge < -0.3 is 0 Å². The minimum atomic E-state index is -0.337. The van der Waals surface area contributed by atoms with Crippen LogP contribution in [0.4, 0.5) is 0 Å². The van der Waals surface area contributed by atoms with Crippen LogP contribution in [0.3, 0.4) is 0 Å². The summed E-state index contributed by atoms with van der Waals surface area (Å²) in [4.78, 5) is 52.8. The number of aromatic amines is 2. The highest BCUT2D eigenvalue weighted by molar-refractivity contribution is 7.12. The van der Waals surface area contributed by atoms with Crippen molar-refractivity contribution in [3.8, 4) is 11.4 Å². The minimum Gasteiger partial charge on any atom is -0.295 e. The second-order valence-corrected chi connectivity index (χ2v) is 14.6. The third kappa shape index (κ3) is 8.68. The number of carbonyl (C=O) groups is 2. The summed E-state index contributed by atoms with van der Waals surface area (Å²) in [5.74, 6) is -0.674. The molecule has 2 amide bonds. The molecular formula is C44H36N8O4S2. The number of benzene rings is 4. The molecule has 0 saturated heterocycles. The zero-order chi connectivity index (χ0) is 40.4. The van der Waals surface area contributed by atoms with Crippen molar-refractivity contribution in [2.45, 2.75) is 13.8 Å². The van der Waals surface area contributed by atoms with Crippen LogP contribution in [0, 0.1) is 13.8 Å². The van der Waals surface area contributed by atoms with Crippen molar-refractivity contribution < 1.29 is 9.59 Å². The average Bonchev–Trinajstić information content (AvgIpc) is 4.10. The van der Waals surface area contributed by atoms with E-state index >= 15 is 0 Å². The summed E-state index contributed by atoms with van der Waals surface area (Å²) in [6.07, 6.45) is 0. The Morgan fingerprint density at radius 2 is 0.845 bits per heavy atom. The van der Waals surface area contributed by atoms with E-state index in [4.69, 9.17) is 0 Å². The first-order valence-electron chi connectivity index (χ1n) is 18.0. The number of nitrogens with one attached hydrogen (secondary N) is 4. The molecule has 288 valence electrons. The van der Waals surface area contributed by atoms with E-state index in [0.29, 0.717) is 45.1 Å². The highest BCUT2D eigenvalue weighted by Crippen LogP contribution is 2.19. The van der Waals surface area contributed by atoms with Crippen LogP contribution in [-0.2, 0) is 0 Å². The lowest BCUT2D eigenvalue weighted by Crippen LogP contribution is -2.25. The van der Waals surface area contributed by atoms with Crippen LogP contribution < -0.4 is 22.0 Å². The SMILES string of the molecule is Cc1[nH]n(-c2ccccc2)c(=O)c1/C(=N\NC(=O)c1ccccc1)c1cccs1.Cc1[nH]n(-c2ccccc2)c(=O)c1/C(=N\NC(=O)c1ccccc1)c1cccs1. The van der Waals surface area contributed by atoms with Crippen molar-refractivity contribution in [2.24, 2.45) is 10.2 Å². The quantitative estimate of drug-likeness (QED) is 0.0837. The van der Waals surface area contributed by atoms with Crippen molar-refractivity contribution >= 4 is 45.9 Å². The number of hydrogen-bond donors (Lipinski definition) is 4. The fourth-order valence-corrected chi connectivity index (χ4v) is 7.43. The molecule has 8 rings (SSSR count). The second-order valence-electron chi connectivity index (χ2n) is 12.7. The highest BCUT2D eigenvalue weighted by Gasteiger charge is 2.22. The number of para-hydroxylation sites is 2. The predicted octanol–water partition coefficient (Wildman–Crippen LogP) is 7.44. The Kier molecular flexibility index (Phi) is 12.1. The van der Waals surface area contributed by atoms with Gasteiger partial charge in [-0.15, -0.1) is 22.7 Å². The summed E-state index contributed by atoms with van der Waals surface area (Å²) >= 11 is 2.90. The predicted molar refractivity (Wildman–Crippen MR) is 230 cm³/mol. The zero-order valence-corrected chi connectivity index (χ0v) is 32.9. The highest BCUT2D eigenvalue weighted by atomic mass is 32.1. The summed E-state index contributed by atoms with van der Waals surface area (Å²) in [6, 6.07) is 43.8. The molecule has 12 nitrogen and oxygen atoms in total. The number of aromatic nitrogens is 4. The molecule has 0 radical (unpaired) electrons. The average molecular weight is 805 g/mol. The van der Waals surface area contributed by atoms with Gasteiger partial charge in [0.15, 0.2) is 0 Å². The Morgan fingerprint density at radius 1 is 0.500 bits per heavy atom. The molecule has 0 spiro atoms. The number of hydrogen-bond acceptors (Lipinski definition) is 8. The van der Waals surface area contributed by atoms with Crippen molar-refractivity contribution in [2.75, 3.05) is 0 Å². The normalized spacial score (nSPS) is 11.4. The molecule has 0 saturated carbocycles. The van der Waals surface area contributed by atoms with Gasteiger partial charge >= 0.3 is 0 Å². The molecule has 0 aliphatic rings. The second kappa shape index (κ2) is 18.0. The number of nitrogens with zero attached hydrogens (tertiary/aromatic N) is 4. The number of aryl methyl sites for hydroxylation is 2. The van der Waals surface area contributed by atoms with E-state index in [9.17, 15) is 19.2 Å². The lowest BCUT2D eigenvalue weighted by Gasteiger charge is -2.04. The maximum Gasteiger partial charge on any atom is 0.281 e. The molecule has 4 N–H and O–H groups in total. The van der Waals surface area contributed by atoms with Crippen LogP contribution >= 0.6 is 22.7 Å². The first-order chi connectivity index (χ1) is 28.3. The fraction of sp³-hybridized carbons (Fsp3) is 0.0455. The maximum atomic E-state index is 13.2. The van der Waals surface area contributed by atoms with E-state index in [1.165, 1.54) is 32.0 Å². The van der Waals surface area contributed by atoms with Crippen LogP contribution in [-0.4, -0.2) is 42.8 Å². The van der Waals surface area contributed by atoms with Crippen LogP contribution in [0.5, 0.6) is 0 Å². The van der Waals surface area contributed by atoms with E-state index in [2.05, 4.69) is 31.3 Å². The Bertz CT molecular complexity index is 2610. The Hall–Kier alpha value is -7.42. The topological polar surface area (TPSA) is 158 Å². The molecule has 0 atom stereocenters. The molecule has 0 aliphatic heterocycles. The molecule has 0 aliphatic carbocycles. The van der Waals surface area contributed by atoms with E-state index in [0.717, 1.165) is 21.1 Å². The van der Waals surface area contributed by atoms with Crippen molar-refractivity contribution in [3.63, 3.8) is 0 Å². The van der Waals surface area contributed by atoms with Gasteiger partial charge in [-0.2, -0.15) is 10.2 Å². The third-order valence-electron chi connectivity index (χ3n) is 8.76. The van der Waals surface area contributed by atoms with Crippen LogP contribution in [0.25, 0.3) is 11.4 Å². The fourth-order valence-electron chi connectivity index (χ4n) is 5.99. The van der Waals surface area contributed by atoms with Gasteiger partial charge in [-0.3, -0.25) is 29.4 Å². The Morgan fingerprint density at radius 3 is 1.17 bits per heavy atom. The van der Waals surface area contributed by atoms with E-state index in [1.807, 2.05) is 122 Å². The number of thiophene rings is 2. The molecule has 4 aromatic heterocycles. The molecular weight excluding hydrogens is 769 g/mol. The van der Waals surface area contributed by atoms with Crippen molar-refractivity contribution in [3.05, 3.63) is 220 Å². The van der Waals surface area contributed by atoms with Gasteiger partial charge in [0.25, 0.3) is 22.9 Å². The van der Waals surface area contributed by atoms with Crippen LogP contribution in [0.15, 0.2) is 176 Å². The number of H-pyrrole nitrogens is 2. The first-order valence-corrected chi connectivity index (χ1v) is 19.7. The smallest absolute Gasteiger partial charge is 0.281 e. The van der Waals surface area contributed by atoms with Gasteiger partial charge in [0, 0.05) is 22.5 Å². The monoisotopic (exact) mass is 804 g/mol. The molecule has 0 unspecified atom stereocenters. The molecule has 8 aromatic rings. The standard InChI is InChI=1S/2C22H18N4O2S/c2*1-15-19(22(28)26(25-15)17-11-6-3-7-12-17)20(18-13-8-14-29-18)23-24-21(27)16-9-4-2-5-10-16/h2*2-14,25H,1H3,(H,24,27)/b2*23-20-. The molecule has 14 heteroatoms. The van der Waals surface area contributed by atoms with Crippen molar-refractivity contribution in [1.29, 1.82) is 0 Å².